The smallest absolute Gasteiger partial charge is 0.204 e. The van der Waals surface area contributed by atoms with Crippen LogP contribution in [0.25, 0.3) is 0 Å². The number of anilines is 2. The second-order valence-corrected chi connectivity index (χ2v) is 4.91. The van der Waals surface area contributed by atoms with Gasteiger partial charge in [0.15, 0.2) is 11.6 Å². The number of methoxy groups -OCH3 is 1. The molecule has 0 aliphatic carbocycles. The van der Waals surface area contributed by atoms with Crippen molar-refractivity contribution in [1.29, 1.82) is 0 Å². The number of nitrogens with zero attached hydrogens (tertiary/aromatic N) is 2. The minimum absolute atomic E-state index is 0.443. The second-order valence-electron chi connectivity index (χ2n) is 4.91. The molecule has 1 unspecified atom stereocenters. The van der Waals surface area contributed by atoms with Crippen LogP contribution in [0.2, 0.25) is 0 Å². The van der Waals surface area contributed by atoms with Crippen LogP contribution in [0.15, 0.2) is 6.33 Å². The van der Waals surface area contributed by atoms with E-state index in [0.717, 1.165) is 37.4 Å². The van der Waals surface area contributed by atoms with E-state index in [9.17, 15) is 0 Å². The summed E-state index contributed by atoms with van der Waals surface area (Å²) in [6.07, 6.45) is 7.48. The summed E-state index contributed by atoms with van der Waals surface area (Å²) in [6.45, 7) is 7.27. The molecule has 0 amide bonds. The van der Waals surface area contributed by atoms with Crippen LogP contribution in [0.3, 0.4) is 0 Å². The zero-order valence-electron chi connectivity index (χ0n) is 13.2. The lowest BCUT2D eigenvalue weighted by Crippen LogP contribution is -2.21. The van der Waals surface area contributed by atoms with Gasteiger partial charge in [-0.25, -0.2) is 9.97 Å². The molecular formula is C15H28N4O. The Morgan fingerprint density at radius 3 is 2.45 bits per heavy atom. The maximum absolute atomic E-state index is 5.46. The molecule has 1 atom stereocenters. The van der Waals surface area contributed by atoms with Crippen LogP contribution >= 0.6 is 0 Å². The molecule has 1 heterocycles. The van der Waals surface area contributed by atoms with Crippen LogP contribution in [0, 0.1) is 0 Å². The van der Waals surface area contributed by atoms with E-state index in [2.05, 4.69) is 34.4 Å². The molecule has 0 saturated heterocycles. The molecule has 2 N–H and O–H groups in total. The Hall–Kier alpha value is -1.52. The Balaban J connectivity index is 2.84. The van der Waals surface area contributed by atoms with Gasteiger partial charge in [-0.2, -0.15) is 0 Å². The van der Waals surface area contributed by atoms with Crippen molar-refractivity contribution in [2.75, 3.05) is 24.3 Å². The predicted molar refractivity (Wildman–Crippen MR) is 84.6 cm³/mol. The fourth-order valence-corrected chi connectivity index (χ4v) is 2.24. The molecule has 114 valence electrons. The molecule has 20 heavy (non-hydrogen) atoms. The van der Waals surface area contributed by atoms with Crippen molar-refractivity contribution >= 4 is 11.6 Å². The van der Waals surface area contributed by atoms with Crippen molar-refractivity contribution in [3.63, 3.8) is 0 Å². The van der Waals surface area contributed by atoms with Gasteiger partial charge in [0.05, 0.1) is 7.11 Å². The Kier molecular flexibility index (Phi) is 7.77. The third-order valence-electron chi connectivity index (χ3n) is 3.24. The molecule has 0 bridgehead atoms. The molecule has 5 nitrogen and oxygen atoms in total. The summed E-state index contributed by atoms with van der Waals surface area (Å²) in [5.41, 5.74) is 0. The molecule has 5 heteroatoms. The topological polar surface area (TPSA) is 59.1 Å². The number of aromatic nitrogens is 2. The van der Waals surface area contributed by atoms with Crippen molar-refractivity contribution in [3.05, 3.63) is 6.33 Å². The molecule has 0 saturated carbocycles. The van der Waals surface area contributed by atoms with Crippen molar-refractivity contribution in [1.82, 2.24) is 9.97 Å². The standard InChI is InChI=1S/C15H28N4O/c1-5-8-10-12(9-6-2)19-15-13(20-4)14(16-7-3)17-11-18-15/h11-12H,5-10H2,1-4H3,(H2,16,17,18,19). The lowest BCUT2D eigenvalue weighted by molar-refractivity contribution is 0.413. The second kappa shape index (κ2) is 9.39. The Morgan fingerprint density at radius 2 is 1.85 bits per heavy atom. The van der Waals surface area contributed by atoms with E-state index in [1.54, 1.807) is 13.4 Å². The third-order valence-corrected chi connectivity index (χ3v) is 3.24. The van der Waals surface area contributed by atoms with Crippen molar-refractivity contribution in [2.24, 2.45) is 0 Å². The summed E-state index contributed by atoms with van der Waals surface area (Å²) >= 11 is 0. The first-order chi connectivity index (χ1) is 9.76. The highest BCUT2D eigenvalue weighted by molar-refractivity contribution is 5.63. The van der Waals surface area contributed by atoms with Crippen molar-refractivity contribution < 1.29 is 4.74 Å². The lowest BCUT2D eigenvalue weighted by Gasteiger charge is -2.20. The minimum Gasteiger partial charge on any atom is -0.490 e. The molecule has 1 aromatic rings. The van der Waals surface area contributed by atoms with Gasteiger partial charge in [-0.1, -0.05) is 33.1 Å². The molecule has 0 aliphatic rings. The van der Waals surface area contributed by atoms with E-state index >= 15 is 0 Å². The van der Waals surface area contributed by atoms with Gasteiger partial charge in [0.1, 0.15) is 6.33 Å². The largest absolute Gasteiger partial charge is 0.490 e. The van der Waals surface area contributed by atoms with Crippen LogP contribution < -0.4 is 15.4 Å². The molecule has 0 radical (unpaired) electrons. The van der Waals surface area contributed by atoms with Gasteiger partial charge < -0.3 is 15.4 Å². The molecule has 1 aromatic heterocycles. The molecule has 1 rings (SSSR count). The molecule has 0 spiro atoms. The highest BCUT2D eigenvalue weighted by Gasteiger charge is 2.15. The van der Waals surface area contributed by atoms with Crippen LogP contribution in [0.4, 0.5) is 11.6 Å². The van der Waals surface area contributed by atoms with Gasteiger partial charge in [0.2, 0.25) is 5.75 Å². The third kappa shape index (κ3) is 4.87. The minimum atomic E-state index is 0.443. The lowest BCUT2D eigenvalue weighted by atomic mass is 10.1. The zero-order chi connectivity index (χ0) is 14.8. The molecule has 0 aliphatic heterocycles. The highest BCUT2D eigenvalue weighted by Crippen LogP contribution is 2.30. The fraction of sp³-hybridized carbons (Fsp3) is 0.733. The van der Waals surface area contributed by atoms with E-state index in [1.165, 1.54) is 12.8 Å². The molecule has 0 fully saturated rings. The summed E-state index contributed by atoms with van der Waals surface area (Å²) in [7, 11) is 1.66. The van der Waals surface area contributed by atoms with E-state index < -0.39 is 0 Å². The Labute approximate surface area is 122 Å². The Morgan fingerprint density at radius 1 is 1.10 bits per heavy atom. The number of rotatable bonds is 10. The average Bonchev–Trinajstić information content (AvgIpc) is 2.45. The first kappa shape index (κ1) is 16.5. The van der Waals surface area contributed by atoms with Crippen LogP contribution in [-0.2, 0) is 0 Å². The maximum atomic E-state index is 5.46. The van der Waals surface area contributed by atoms with Crippen LogP contribution in [0.1, 0.15) is 52.9 Å². The number of ether oxygens (including phenoxy) is 1. The summed E-state index contributed by atoms with van der Waals surface area (Å²) in [5, 5.41) is 6.72. The zero-order valence-corrected chi connectivity index (χ0v) is 13.2. The Bertz CT molecular complexity index is 384. The van der Waals surface area contributed by atoms with Crippen molar-refractivity contribution in [2.45, 2.75) is 58.9 Å². The number of hydrogen-bond acceptors (Lipinski definition) is 5. The molecular weight excluding hydrogens is 252 g/mol. The first-order valence-electron chi connectivity index (χ1n) is 7.66. The normalized spacial score (nSPS) is 12.0. The van der Waals surface area contributed by atoms with Crippen molar-refractivity contribution in [3.8, 4) is 5.75 Å². The predicted octanol–water partition coefficient (Wildman–Crippen LogP) is 3.69. The maximum Gasteiger partial charge on any atom is 0.204 e. The van der Waals surface area contributed by atoms with Gasteiger partial charge >= 0.3 is 0 Å². The average molecular weight is 280 g/mol. The SMILES string of the molecule is CCCCC(CCC)Nc1ncnc(NCC)c1OC. The fourth-order valence-electron chi connectivity index (χ4n) is 2.24. The summed E-state index contributed by atoms with van der Waals surface area (Å²) < 4.78 is 5.46. The number of hydrogen-bond donors (Lipinski definition) is 2. The van der Waals surface area contributed by atoms with Gasteiger partial charge in [-0.15, -0.1) is 0 Å². The monoisotopic (exact) mass is 280 g/mol. The van der Waals surface area contributed by atoms with E-state index in [1.807, 2.05) is 6.92 Å². The van der Waals surface area contributed by atoms with E-state index in [4.69, 9.17) is 4.74 Å². The first-order valence-corrected chi connectivity index (χ1v) is 7.66. The number of unbranched alkanes of at least 4 members (excludes halogenated alkanes) is 1. The molecule has 0 aromatic carbocycles. The number of nitrogens with one attached hydrogen (secondary N) is 2. The van der Waals surface area contributed by atoms with Crippen LogP contribution in [-0.4, -0.2) is 29.7 Å². The summed E-state index contributed by atoms with van der Waals surface area (Å²) in [4.78, 5) is 8.56. The quantitative estimate of drug-likeness (QED) is 0.684. The van der Waals surface area contributed by atoms with E-state index in [-0.39, 0.29) is 0 Å². The van der Waals surface area contributed by atoms with Gasteiger partial charge in [-0.3, -0.25) is 0 Å². The van der Waals surface area contributed by atoms with Crippen LogP contribution in [0.5, 0.6) is 5.75 Å². The van der Waals surface area contributed by atoms with E-state index in [0.29, 0.717) is 11.8 Å². The highest BCUT2D eigenvalue weighted by atomic mass is 16.5. The van der Waals surface area contributed by atoms with Gasteiger partial charge in [0, 0.05) is 12.6 Å². The summed E-state index contributed by atoms with van der Waals surface area (Å²) in [6, 6.07) is 0.443. The summed E-state index contributed by atoms with van der Waals surface area (Å²) in [5.74, 6) is 2.23. The van der Waals surface area contributed by atoms with Gasteiger partial charge in [0.25, 0.3) is 0 Å². The van der Waals surface area contributed by atoms with Gasteiger partial charge in [-0.05, 0) is 19.8 Å².